The normalized spacial score (nSPS) is 10.0. The Morgan fingerprint density at radius 1 is 0.754 bits per heavy atom. The molecule has 0 unspecified atom stereocenters. The van der Waals surface area contributed by atoms with Gasteiger partial charge in [-0.05, 0) is 77.9 Å². The van der Waals surface area contributed by atoms with Gasteiger partial charge in [-0.3, -0.25) is 23.7 Å². The number of hydrogen-bond donors (Lipinski definition) is 3. The van der Waals surface area contributed by atoms with Crippen LogP contribution in [0.1, 0.15) is 81.7 Å². The van der Waals surface area contributed by atoms with Gasteiger partial charge in [0, 0.05) is 29.4 Å². The molecule has 0 radical (unpaired) electrons. The van der Waals surface area contributed by atoms with Crippen molar-refractivity contribution in [3.05, 3.63) is 91.8 Å². The number of hydrogen-bond acceptors (Lipinski definition) is 15. The van der Waals surface area contributed by atoms with Crippen molar-refractivity contribution < 1.29 is 149 Å². The summed E-state index contributed by atoms with van der Waals surface area (Å²) >= 11 is 9.13. The summed E-state index contributed by atoms with van der Waals surface area (Å²) in [6.45, 7) is 12.4. The summed E-state index contributed by atoms with van der Waals surface area (Å²) < 4.78 is 9.69. The largest absolute Gasteiger partial charge is 1.00 e. The number of alkyl halides is 1. The minimum Gasteiger partial charge on any atom is -1.00 e. The molecule has 20 heteroatoms. The van der Waals surface area contributed by atoms with E-state index < -0.39 is 0 Å². The van der Waals surface area contributed by atoms with Crippen LogP contribution < -0.4 is 113 Å². The van der Waals surface area contributed by atoms with Gasteiger partial charge in [0.25, 0.3) is 6.47 Å². The van der Waals surface area contributed by atoms with Gasteiger partial charge in [0.15, 0.2) is 12.6 Å². The summed E-state index contributed by atoms with van der Waals surface area (Å²) in [6, 6.07) is 13.4. The molecule has 6 aromatic rings. The topological polar surface area (TPSA) is 215 Å². The Kier molecular flexibility index (Phi) is 24.7. The third kappa shape index (κ3) is 15.0. The summed E-state index contributed by atoms with van der Waals surface area (Å²) in [6.07, 6.45) is 4.57. The van der Waals surface area contributed by atoms with E-state index >= 15 is 0 Å². The Balaban J connectivity index is 0.000000847. The molecule has 0 saturated carbocycles. The molecule has 0 aliphatic heterocycles. The van der Waals surface area contributed by atoms with E-state index in [0.717, 1.165) is 42.5 Å². The first-order chi connectivity index (χ1) is 26.3. The van der Waals surface area contributed by atoms with E-state index in [1.54, 1.807) is 41.0 Å². The van der Waals surface area contributed by atoms with Gasteiger partial charge in [-0.25, -0.2) is 9.97 Å². The molecular formula is C37H41ClK2N6O9S2. The molecule has 0 saturated heterocycles. The monoisotopic (exact) mass is 890 g/mol. The molecule has 6 rings (SSSR count). The van der Waals surface area contributed by atoms with E-state index in [0.29, 0.717) is 30.2 Å². The molecule has 4 heterocycles. The average Bonchev–Trinajstić information content (AvgIpc) is 3.98. The molecule has 0 amide bonds. The minimum atomic E-state index is -0.199. The van der Waals surface area contributed by atoms with E-state index in [-0.39, 0.29) is 152 Å². The van der Waals surface area contributed by atoms with Crippen molar-refractivity contribution in [3.63, 3.8) is 0 Å². The van der Waals surface area contributed by atoms with E-state index in [4.69, 9.17) is 36.6 Å². The van der Waals surface area contributed by atoms with Crippen LogP contribution in [0.25, 0.3) is 22.8 Å². The zero-order valence-corrected chi connectivity index (χ0v) is 41.4. The molecule has 0 fully saturated rings. The number of carbonyl (C=O) groups excluding carboxylic acids is 3. The maximum atomic E-state index is 11.2. The second-order valence-corrected chi connectivity index (χ2v) is 14.6. The molecule has 15 nitrogen and oxygen atoms in total. The van der Waals surface area contributed by atoms with Gasteiger partial charge in [0.1, 0.15) is 41.0 Å². The number of phenols is 3. The molecule has 0 bridgehead atoms. The minimum absolute atomic E-state index is 0. The molecule has 294 valence electrons. The molecule has 57 heavy (non-hydrogen) atoms. The number of halogens is 1. The van der Waals surface area contributed by atoms with Gasteiger partial charge in [-0.15, -0.1) is 34.3 Å². The molecule has 2 aromatic carbocycles. The van der Waals surface area contributed by atoms with Crippen LogP contribution >= 0.6 is 34.3 Å². The van der Waals surface area contributed by atoms with Crippen LogP contribution in [-0.4, -0.2) is 63.9 Å². The second kappa shape index (κ2) is 26.7. The summed E-state index contributed by atoms with van der Waals surface area (Å²) in [7, 11) is 0. The van der Waals surface area contributed by atoms with Crippen molar-refractivity contribution in [2.24, 2.45) is 0 Å². The van der Waals surface area contributed by atoms with Crippen LogP contribution in [0.4, 0.5) is 0 Å². The van der Waals surface area contributed by atoms with E-state index in [1.165, 1.54) is 24.3 Å². The quantitative estimate of drug-likeness (QED) is 0.0547. The van der Waals surface area contributed by atoms with Crippen molar-refractivity contribution >= 4 is 53.3 Å². The van der Waals surface area contributed by atoms with Crippen molar-refractivity contribution in [2.75, 3.05) is 0 Å². The first-order valence-electron chi connectivity index (χ1n) is 16.5. The predicted octanol–water partition coefficient (Wildman–Crippen LogP) is 1.09. The standard InChI is InChI=1S/C18H19N3O3S.C11H14ClN3S.C7H6O3.CH2O3.2K.H/c1-11(2)21-14(7-8-19-21)18-17(25-12(3)20-18)10-24-16-6-4-5-15(23)13(16)9-22;1-7(2)15-9(4-5-13-15)11-10(6-12)16-8(3)14-11;8-4-5-6(9)2-1-3-7(5)10;2-1-4-3;;;/h4-9,11,23H,10H2,1-3H3;4-5,7H,6H2,1-3H3;1-4,9-10H;1,3H;;;/q;;;;2*+1;-1/p-1. The summed E-state index contributed by atoms with van der Waals surface area (Å²) in [4.78, 5) is 43.8. The number of aldehydes is 2. The average molecular weight is 892 g/mol. The van der Waals surface area contributed by atoms with Gasteiger partial charge < -0.3 is 31.6 Å². The molecule has 0 atom stereocenters. The fraction of sp³-hybridized carbons (Fsp3) is 0.270. The number of aromatic hydroxyl groups is 3. The first-order valence-corrected chi connectivity index (χ1v) is 18.6. The number of phenolic OH excluding ortho intramolecular Hbond substituents is 3. The molecule has 3 N–H and O–H groups in total. The van der Waals surface area contributed by atoms with Gasteiger partial charge in [0.05, 0.1) is 43.3 Å². The number of rotatable bonds is 11. The van der Waals surface area contributed by atoms with E-state index in [9.17, 15) is 14.7 Å². The van der Waals surface area contributed by atoms with Gasteiger partial charge >= 0.3 is 103 Å². The Bertz CT molecular complexity index is 2160. The summed E-state index contributed by atoms with van der Waals surface area (Å²) in [5, 5.41) is 46.6. The van der Waals surface area contributed by atoms with Gasteiger partial charge in [-0.1, -0.05) is 12.1 Å². The second-order valence-electron chi connectivity index (χ2n) is 11.8. The third-order valence-corrected chi connectivity index (χ3v) is 9.61. The molecule has 0 aliphatic rings. The fourth-order valence-electron chi connectivity index (χ4n) is 4.94. The van der Waals surface area contributed by atoms with Gasteiger partial charge in [0.2, 0.25) is 0 Å². The molecule has 0 aliphatic carbocycles. The molecule has 4 aromatic heterocycles. The van der Waals surface area contributed by atoms with Crippen LogP contribution in [0.15, 0.2) is 60.9 Å². The Morgan fingerprint density at radius 2 is 1.18 bits per heavy atom. The number of thiazole rings is 2. The van der Waals surface area contributed by atoms with Crippen LogP contribution in [0.2, 0.25) is 0 Å². The number of aryl methyl sites for hydroxylation is 2. The van der Waals surface area contributed by atoms with Gasteiger partial charge in [-0.2, -0.15) is 10.2 Å². The van der Waals surface area contributed by atoms with Crippen molar-refractivity contribution in [2.45, 2.75) is 66.1 Å². The van der Waals surface area contributed by atoms with Crippen molar-refractivity contribution in [1.29, 1.82) is 0 Å². The summed E-state index contributed by atoms with van der Waals surface area (Å²) in [5.41, 5.74) is 3.88. The number of nitrogens with zero attached hydrogens (tertiary/aromatic N) is 6. The van der Waals surface area contributed by atoms with Crippen LogP contribution in [0.3, 0.4) is 0 Å². The van der Waals surface area contributed by atoms with Crippen molar-refractivity contribution in [3.8, 4) is 45.8 Å². The summed E-state index contributed by atoms with van der Waals surface area (Å²) in [5.74, 6) is 0.366. The number of ether oxygens (including phenoxy) is 1. The maximum absolute atomic E-state index is 11.2. The Hall–Kier alpha value is -2.35. The Morgan fingerprint density at radius 3 is 1.58 bits per heavy atom. The van der Waals surface area contributed by atoms with Crippen LogP contribution in [0.5, 0.6) is 23.0 Å². The predicted molar refractivity (Wildman–Crippen MR) is 208 cm³/mol. The molecular weight excluding hydrogens is 850 g/mol. The van der Waals surface area contributed by atoms with Crippen molar-refractivity contribution in [1.82, 2.24) is 29.5 Å². The van der Waals surface area contributed by atoms with Crippen LogP contribution in [-0.2, 0) is 22.2 Å². The zero-order valence-electron chi connectivity index (χ0n) is 33.7. The fourth-order valence-corrected chi connectivity index (χ4v) is 6.88. The maximum Gasteiger partial charge on any atom is 1.00 e. The van der Waals surface area contributed by atoms with E-state index in [1.807, 2.05) is 41.5 Å². The van der Waals surface area contributed by atoms with Crippen LogP contribution in [0, 0.1) is 13.8 Å². The Labute approximate surface area is 429 Å². The SMILES string of the molecule is Cc1nc(-c2ccnn2C(C)C)c(CCl)s1.Cc1nc(-c2ccnn2C(C)C)c(COc2cccc(O)c2C=O)s1.O=CO[O-].O=Cc1c(O)cccc1O.[H-].[K+].[K+]. The zero-order chi connectivity index (χ0) is 40.7. The number of carbonyl (C=O) groups is 3. The number of benzene rings is 2. The third-order valence-electron chi connectivity index (χ3n) is 7.27. The molecule has 0 spiro atoms. The first kappa shape index (κ1) is 52.7. The number of aromatic nitrogens is 6. The van der Waals surface area contributed by atoms with E-state index in [2.05, 4.69) is 52.7 Å². The smallest absolute Gasteiger partial charge is 1.00 e.